The number of hydrogen-bond acceptors (Lipinski definition) is 2. The lowest BCUT2D eigenvalue weighted by atomic mass is 10.00. The first kappa shape index (κ1) is 12.5. The van der Waals surface area contributed by atoms with Crippen molar-refractivity contribution in [2.75, 3.05) is 14.1 Å². The van der Waals surface area contributed by atoms with Gasteiger partial charge in [-0.1, -0.05) is 38.5 Å². The number of unbranched alkanes of at least 4 members (excludes halogenated alkanes) is 1. The molecule has 0 unspecified atom stereocenters. The number of carbonyl (C=O) groups is 1. The molecule has 1 N–H and O–H groups in total. The van der Waals surface area contributed by atoms with Crippen LogP contribution in [0.15, 0.2) is 0 Å². The Labute approximate surface area is 93.2 Å². The zero-order valence-corrected chi connectivity index (χ0v) is 10.1. The molecule has 3 nitrogen and oxygen atoms in total. The molecule has 0 aromatic carbocycles. The van der Waals surface area contributed by atoms with Gasteiger partial charge in [0.25, 0.3) is 0 Å². The first-order valence-corrected chi connectivity index (χ1v) is 6.15. The van der Waals surface area contributed by atoms with E-state index in [-0.39, 0.29) is 5.91 Å². The molecule has 1 aliphatic carbocycles. The van der Waals surface area contributed by atoms with E-state index in [2.05, 4.69) is 5.43 Å². The number of nitrogens with zero attached hydrogens (tertiary/aromatic N) is 1. The Hall–Kier alpha value is -0.570. The van der Waals surface area contributed by atoms with Crippen molar-refractivity contribution in [3.63, 3.8) is 0 Å². The fraction of sp³-hybridized carbons (Fsp3) is 0.917. The average Bonchev–Trinajstić information content (AvgIpc) is 2.63. The fourth-order valence-corrected chi connectivity index (χ4v) is 2.32. The van der Waals surface area contributed by atoms with Gasteiger partial charge in [0.15, 0.2) is 0 Å². The summed E-state index contributed by atoms with van der Waals surface area (Å²) >= 11 is 0. The molecule has 1 saturated carbocycles. The third kappa shape index (κ3) is 5.78. The van der Waals surface area contributed by atoms with Crippen molar-refractivity contribution in [1.82, 2.24) is 10.4 Å². The van der Waals surface area contributed by atoms with E-state index in [1.807, 2.05) is 14.1 Å². The highest BCUT2D eigenvalue weighted by atomic mass is 16.2. The average molecular weight is 212 g/mol. The first-order valence-electron chi connectivity index (χ1n) is 6.15. The van der Waals surface area contributed by atoms with E-state index >= 15 is 0 Å². The lowest BCUT2D eigenvalue weighted by molar-refractivity contribution is -0.124. The molecule has 1 aliphatic rings. The molecule has 3 heteroatoms. The van der Waals surface area contributed by atoms with Crippen LogP contribution < -0.4 is 5.43 Å². The second-order valence-corrected chi connectivity index (χ2v) is 4.83. The predicted octanol–water partition coefficient (Wildman–Crippen LogP) is 2.33. The van der Waals surface area contributed by atoms with E-state index in [0.717, 1.165) is 12.3 Å². The molecule has 1 amide bonds. The van der Waals surface area contributed by atoms with Gasteiger partial charge in [-0.2, -0.15) is 0 Å². The van der Waals surface area contributed by atoms with Crippen LogP contribution >= 0.6 is 0 Å². The lowest BCUT2D eigenvalue weighted by Gasteiger charge is -2.12. The Morgan fingerprint density at radius 1 is 1.27 bits per heavy atom. The molecule has 0 heterocycles. The van der Waals surface area contributed by atoms with Crippen LogP contribution in [0.3, 0.4) is 0 Å². The summed E-state index contributed by atoms with van der Waals surface area (Å²) in [4.78, 5) is 11.3. The molecule has 88 valence electrons. The van der Waals surface area contributed by atoms with Crippen molar-refractivity contribution >= 4 is 5.91 Å². The van der Waals surface area contributed by atoms with Crippen LogP contribution in [-0.4, -0.2) is 25.0 Å². The number of rotatable bonds is 6. The maximum absolute atomic E-state index is 11.3. The number of hydrazine groups is 1. The molecule has 0 radical (unpaired) electrons. The van der Waals surface area contributed by atoms with Gasteiger partial charge in [-0.05, 0) is 12.3 Å². The van der Waals surface area contributed by atoms with Crippen LogP contribution in [0.4, 0.5) is 0 Å². The van der Waals surface area contributed by atoms with Crippen LogP contribution in [-0.2, 0) is 4.79 Å². The van der Waals surface area contributed by atoms with E-state index in [4.69, 9.17) is 0 Å². The number of hydrogen-bond donors (Lipinski definition) is 1. The molecule has 15 heavy (non-hydrogen) atoms. The Morgan fingerprint density at radius 2 is 1.93 bits per heavy atom. The van der Waals surface area contributed by atoms with Crippen molar-refractivity contribution in [1.29, 1.82) is 0 Å². The Balaban J connectivity index is 1.94. The molecule has 0 aromatic rings. The van der Waals surface area contributed by atoms with Crippen molar-refractivity contribution < 1.29 is 4.79 Å². The normalized spacial score (nSPS) is 17.3. The van der Waals surface area contributed by atoms with Gasteiger partial charge in [-0.3, -0.25) is 10.2 Å². The summed E-state index contributed by atoms with van der Waals surface area (Å²) in [6.45, 7) is 0. The fourth-order valence-electron chi connectivity index (χ4n) is 2.32. The molecule has 0 aromatic heterocycles. The zero-order chi connectivity index (χ0) is 11.1. The first-order chi connectivity index (χ1) is 7.18. The van der Waals surface area contributed by atoms with Crippen LogP contribution in [0.5, 0.6) is 0 Å². The largest absolute Gasteiger partial charge is 0.289 e. The minimum Gasteiger partial charge on any atom is -0.289 e. The highest BCUT2D eigenvalue weighted by molar-refractivity contribution is 5.75. The topological polar surface area (TPSA) is 32.3 Å². The highest BCUT2D eigenvalue weighted by Crippen LogP contribution is 2.28. The summed E-state index contributed by atoms with van der Waals surface area (Å²) in [5, 5.41) is 1.71. The van der Waals surface area contributed by atoms with Gasteiger partial charge in [-0.15, -0.1) is 0 Å². The quantitative estimate of drug-likeness (QED) is 0.541. The van der Waals surface area contributed by atoms with Gasteiger partial charge in [-0.25, -0.2) is 5.01 Å². The van der Waals surface area contributed by atoms with Crippen molar-refractivity contribution in [2.24, 2.45) is 5.92 Å². The van der Waals surface area contributed by atoms with Gasteiger partial charge < -0.3 is 0 Å². The number of carbonyl (C=O) groups excluding carboxylic acids is 1. The lowest BCUT2D eigenvalue weighted by Crippen LogP contribution is -2.35. The molecular formula is C12H24N2O. The summed E-state index contributed by atoms with van der Waals surface area (Å²) in [7, 11) is 3.69. The molecule has 0 spiro atoms. The Bertz CT molecular complexity index is 186. The summed E-state index contributed by atoms with van der Waals surface area (Å²) in [5.74, 6) is 1.10. The monoisotopic (exact) mass is 212 g/mol. The summed E-state index contributed by atoms with van der Waals surface area (Å²) < 4.78 is 0. The standard InChI is InChI=1S/C12H24N2O/c1-14(2)13-12(15)10-6-5-9-11-7-3-4-8-11/h11H,3-10H2,1-2H3,(H,13,15). The maximum Gasteiger partial charge on any atom is 0.234 e. The van der Waals surface area contributed by atoms with E-state index in [9.17, 15) is 4.79 Å². The summed E-state index contributed by atoms with van der Waals surface area (Å²) in [5.41, 5.74) is 2.77. The van der Waals surface area contributed by atoms with Crippen LogP contribution in [0.2, 0.25) is 0 Å². The maximum atomic E-state index is 11.3. The van der Waals surface area contributed by atoms with Crippen molar-refractivity contribution in [3.8, 4) is 0 Å². The molecule has 1 rings (SSSR count). The van der Waals surface area contributed by atoms with Crippen molar-refractivity contribution in [3.05, 3.63) is 0 Å². The van der Waals surface area contributed by atoms with Crippen molar-refractivity contribution in [2.45, 2.75) is 51.4 Å². The second kappa shape index (κ2) is 6.83. The van der Waals surface area contributed by atoms with E-state index in [0.29, 0.717) is 6.42 Å². The van der Waals surface area contributed by atoms with E-state index in [1.54, 1.807) is 5.01 Å². The highest BCUT2D eigenvalue weighted by Gasteiger charge is 2.14. The second-order valence-electron chi connectivity index (χ2n) is 4.83. The molecular weight excluding hydrogens is 188 g/mol. The van der Waals surface area contributed by atoms with E-state index in [1.165, 1.54) is 38.5 Å². The number of amides is 1. The van der Waals surface area contributed by atoms with E-state index < -0.39 is 0 Å². The molecule has 0 bridgehead atoms. The molecule has 0 saturated heterocycles. The van der Waals surface area contributed by atoms with Gasteiger partial charge in [0.05, 0.1) is 0 Å². The third-order valence-electron chi connectivity index (χ3n) is 3.09. The molecule has 1 fully saturated rings. The van der Waals surface area contributed by atoms with Gasteiger partial charge in [0, 0.05) is 20.5 Å². The van der Waals surface area contributed by atoms with Gasteiger partial charge in [0.2, 0.25) is 5.91 Å². The minimum atomic E-state index is 0.145. The third-order valence-corrected chi connectivity index (χ3v) is 3.09. The minimum absolute atomic E-state index is 0.145. The van der Waals surface area contributed by atoms with Gasteiger partial charge in [0.1, 0.15) is 0 Å². The zero-order valence-electron chi connectivity index (χ0n) is 10.1. The Morgan fingerprint density at radius 3 is 2.53 bits per heavy atom. The van der Waals surface area contributed by atoms with Crippen LogP contribution in [0, 0.1) is 5.92 Å². The molecule has 0 aliphatic heterocycles. The Kier molecular flexibility index (Phi) is 5.69. The SMILES string of the molecule is CN(C)NC(=O)CCCCC1CCCC1. The smallest absolute Gasteiger partial charge is 0.234 e. The summed E-state index contributed by atoms with van der Waals surface area (Å²) in [6, 6.07) is 0. The van der Waals surface area contributed by atoms with Crippen LogP contribution in [0.1, 0.15) is 51.4 Å². The van der Waals surface area contributed by atoms with Crippen LogP contribution in [0.25, 0.3) is 0 Å². The predicted molar refractivity (Wildman–Crippen MR) is 62.3 cm³/mol. The van der Waals surface area contributed by atoms with Gasteiger partial charge >= 0.3 is 0 Å². The number of nitrogens with one attached hydrogen (secondary N) is 1. The molecule has 0 atom stereocenters. The summed E-state index contributed by atoms with van der Waals surface area (Å²) in [6.07, 6.45) is 9.94.